The number of rotatable bonds is 5. The normalized spacial score (nSPS) is 12.3. The van der Waals surface area contributed by atoms with Crippen LogP contribution in [0.1, 0.15) is 25.5 Å². The van der Waals surface area contributed by atoms with Crippen LogP contribution in [0.25, 0.3) is 0 Å². The van der Waals surface area contributed by atoms with Gasteiger partial charge in [-0.05, 0) is 25.5 Å². The van der Waals surface area contributed by atoms with Crippen LogP contribution < -0.4 is 5.32 Å². The average Bonchev–Trinajstić information content (AvgIpc) is 2.34. The number of hydrogen-bond acceptors (Lipinski definition) is 3. The van der Waals surface area contributed by atoms with Crippen LogP contribution in [0.5, 0.6) is 0 Å². The number of nitrogens with one attached hydrogen (secondary N) is 1. The van der Waals surface area contributed by atoms with Gasteiger partial charge in [-0.15, -0.1) is 0 Å². The smallest absolute Gasteiger partial charge is 0.319 e. The Kier molecular flexibility index (Phi) is 6.22. The van der Waals surface area contributed by atoms with Gasteiger partial charge in [0.1, 0.15) is 0 Å². The SMILES string of the molecule is CCOC(=O)CNC(C)c1ccc(Cl)c(Cl)c1Cl. The van der Waals surface area contributed by atoms with Crippen molar-refractivity contribution in [2.24, 2.45) is 0 Å². The Bertz CT molecular complexity index is 438. The van der Waals surface area contributed by atoms with Gasteiger partial charge >= 0.3 is 5.97 Å². The molecule has 1 aromatic carbocycles. The predicted octanol–water partition coefficient (Wildman–Crippen LogP) is 3.86. The molecule has 1 rings (SSSR count). The van der Waals surface area contributed by atoms with E-state index in [0.717, 1.165) is 5.56 Å². The third kappa shape index (κ3) is 4.02. The molecule has 0 aliphatic heterocycles. The quantitative estimate of drug-likeness (QED) is 0.663. The van der Waals surface area contributed by atoms with E-state index in [9.17, 15) is 4.79 Å². The van der Waals surface area contributed by atoms with Crippen LogP contribution in [0.4, 0.5) is 0 Å². The van der Waals surface area contributed by atoms with Crippen LogP contribution in [0, 0.1) is 0 Å². The molecule has 6 heteroatoms. The highest BCUT2D eigenvalue weighted by Crippen LogP contribution is 2.35. The molecule has 0 aliphatic rings. The number of benzene rings is 1. The van der Waals surface area contributed by atoms with Crippen molar-refractivity contribution >= 4 is 40.8 Å². The van der Waals surface area contributed by atoms with E-state index in [4.69, 9.17) is 39.5 Å². The van der Waals surface area contributed by atoms with Crippen molar-refractivity contribution in [2.45, 2.75) is 19.9 Å². The van der Waals surface area contributed by atoms with Crippen LogP contribution in [-0.2, 0) is 9.53 Å². The molecule has 0 aromatic heterocycles. The molecule has 3 nitrogen and oxygen atoms in total. The van der Waals surface area contributed by atoms with Gasteiger partial charge in [0, 0.05) is 6.04 Å². The molecule has 0 bridgehead atoms. The van der Waals surface area contributed by atoms with Gasteiger partial charge < -0.3 is 10.1 Å². The minimum atomic E-state index is -0.305. The first-order valence-electron chi connectivity index (χ1n) is 5.49. The number of halogens is 3. The van der Waals surface area contributed by atoms with Crippen LogP contribution in [0.2, 0.25) is 15.1 Å². The number of esters is 1. The Morgan fingerprint density at radius 2 is 2.00 bits per heavy atom. The van der Waals surface area contributed by atoms with Gasteiger partial charge in [0.2, 0.25) is 0 Å². The minimum absolute atomic E-state index is 0.117. The second kappa shape index (κ2) is 7.19. The fraction of sp³-hybridized carbons (Fsp3) is 0.417. The van der Waals surface area contributed by atoms with E-state index in [1.807, 2.05) is 6.92 Å². The molecule has 0 fully saturated rings. The van der Waals surface area contributed by atoms with Crippen molar-refractivity contribution in [3.63, 3.8) is 0 Å². The number of ether oxygens (including phenoxy) is 1. The number of carbonyl (C=O) groups excluding carboxylic acids is 1. The lowest BCUT2D eigenvalue weighted by atomic mass is 10.1. The molecule has 0 aliphatic carbocycles. The first-order valence-corrected chi connectivity index (χ1v) is 6.63. The summed E-state index contributed by atoms with van der Waals surface area (Å²) >= 11 is 17.9. The first kappa shape index (κ1) is 15.6. The summed E-state index contributed by atoms with van der Waals surface area (Å²) in [6.07, 6.45) is 0. The van der Waals surface area contributed by atoms with E-state index in [0.29, 0.717) is 21.7 Å². The Balaban J connectivity index is 2.70. The molecule has 18 heavy (non-hydrogen) atoms. The summed E-state index contributed by atoms with van der Waals surface area (Å²) in [7, 11) is 0. The molecule has 1 N–H and O–H groups in total. The molecule has 0 saturated heterocycles. The van der Waals surface area contributed by atoms with E-state index < -0.39 is 0 Å². The molecule has 0 spiro atoms. The van der Waals surface area contributed by atoms with Crippen LogP contribution in [0.15, 0.2) is 12.1 Å². The van der Waals surface area contributed by atoms with Gasteiger partial charge in [0.15, 0.2) is 0 Å². The summed E-state index contributed by atoms with van der Waals surface area (Å²) < 4.78 is 4.82. The molecule has 100 valence electrons. The zero-order valence-corrected chi connectivity index (χ0v) is 12.4. The molecule has 1 atom stereocenters. The predicted molar refractivity (Wildman–Crippen MR) is 74.5 cm³/mol. The lowest BCUT2D eigenvalue weighted by molar-refractivity contribution is -0.142. The Hall–Kier alpha value is -0.480. The first-order chi connectivity index (χ1) is 8.47. The molecule has 0 radical (unpaired) electrons. The zero-order chi connectivity index (χ0) is 13.7. The third-order valence-electron chi connectivity index (χ3n) is 2.39. The Morgan fingerprint density at radius 1 is 1.33 bits per heavy atom. The molecule has 1 unspecified atom stereocenters. The molecule has 0 amide bonds. The van der Waals surface area contributed by atoms with Gasteiger partial charge in [0.05, 0.1) is 28.2 Å². The van der Waals surface area contributed by atoms with Gasteiger partial charge in [-0.3, -0.25) is 4.79 Å². The number of carbonyl (C=O) groups is 1. The van der Waals surface area contributed by atoms with Crippen molar-refractivity contribution < 1.29 is 9.53 Å². The van der Waals surface area contributed by atoms with Gasteiger partial charge in [0.25, 0.3) is 0 Å². The summed E-state index contributed by atoms with van der Waals surface area (Å²) in [4.78, 5) is 11.2. The van der Waals surface area contributed by atoms with E-state index in [-0.39, 0.29) is 18.6 Å². The molecular formula is C12H14Cl3NO2. The van der Waals surface area contributed by atoms with Crippen molar-refractivity contribution in [3.05, 3.63) is 32.8 Å². The maximum absolute atomic E-state index is 11.2. The lowest BCUT2D eigenvalue weighted by Crippen LogP contribution is -2.27. The highest BCUT2D eigenvalue weighted by molar-refractivity contribution is 6.48. The number of hydrogen-bond donors (Lipinski definition) is 1. The standard InChI is InChI=1S/C12H14Cl3NO2/c1-3-18-10(17)6-16-7(2)8-4-5-9(13)12(15)11(8)14/h4-5,7,16H,3,6H2,1-2H3. The topological polar surface area (TPSA) is 38.3 Å². The van der Waals surface area contributed by atoms with Crippen LogP contribution in [0.3, 0.4) is 0 Å². The van der Waals surface area contributed by atoms with E-state index in [2.05, 4.69) is 5.32 Å². The minimum Gasteiger partial charge on any atom is -0.465 e. The highest BCUT2D eigenvalue weighted by Gasteiger charge is 2.15. The van der Waals surface area contributed by atoms with Crippen LogP contribution >= 0.6 is 34.8 Å². The van der Waals surface area contributed by atoms with Crippen molar-refractivity contribution in [1.29, 1.82) is 0 Å². The van der Waals surface area contributed by atoms with Crippen molar-refractivity contribution in [3.8, 4) is 0 Å². The monoisotopic (exact) mass is 309 g/mol. The lowest BCUT2D eigenvalue weighted by Gasteiger charge is -2.16. The zero-order valence-electron chi connectivity index (χ0n) is 10.1. The molecule has 1 aromatic rings. The summed E-state index contributed by atoms with van der Waals surface area (Å²) in [5.74, 6) is -0.305. The molecule has 0 saturated carbocycles. The van der Waals surface area contributed by atoms with E-state index in [1.165, 1.54) is 0 Å². The Morgan fingerprint density at radius 3 is 2.61 bits per heavy atom. The molecular weight excluding hydrogens is 296 g/mol. The summed E-state index contributed by atoms with van der Waals surface area (Å²) in [5, 5.41) is 4.13. The highest BCUT2D eigenvalue weighted by atomic mass is 35.5. The van der Waals surface area contributed by atoms with E-state index in [1.54, 1.807) is 19.1 Å². The van der Waals surface area contributed by atoms with Crippen LogP contribution in [-0.4, -0.2) is 19.1 Å². The van der Waals surface area contributed by atoms with Crippen molar-refractivity contribution in [1.82, 2.24) is 5.32 Å². The average molecular weight is 311 g/mol. The second-order valence-corrected chi connectivity index (χ2v) is 4.84. The maximum Gasteiger partial charge on any atom is 0.319 e. The second-order valence-electron chi connectivity index (χ2n) is 3.67. The Labute approximate surface area is 121 Å². The summed E-state index contributed by atoms with van der Waals surface area (Å²) in [6, 6.07) is 3.32. The van der Waals surface area contributed by atoms with Crippen molar-refractivity contribution in [2.75, 3.05) is 13.2 Å². The van der Waals surface area contributed by atoms with Gasteiger partial charge in [-0.2, -0.15) is 0 Å². The fourth-order valence-corrected chi connectivity index (χ4v) is 2.14. The maximum atomic E-state index is 11.2. The van der Waals surface area contributed by atoms with Gasteiger partial charge in [-0.25, -0.2) is 0 Å². The van der Waals surface area contributed by atoms with Gasteiger partial charge in [-0.1, -0.05) is 40.9 Å². The van der Waals surface area contributed by atoms with E-state index >= 15 is 0 Å². The fourth-order valence-electron chi connectivity index (χ4n) is 1.43. The largest absolute Gasteiger partial charge is 0.465 e. The third-order valence-corrected chi connectivity index (χ3v) is 3.70. The summed E-state index contributed by atoms with van der Waals surface area (Å²) in [6.45, 7) is 4.12. The summed E-state index contributed by atoms with van der Waals surface area (Å²) in [5.41, 5.74) is 0.787. The molecule has 0 heterocycles.